The molecule has 1 aromatic carbocycles. The highest BCUT2D eigenvalue weighted by Crippen LogP contribution is 2.26. The Morgan fingerprint density at radius 1 is 1.29 bits per heavy atom. The summed E-state index contributed by atoms with van der Waals surface area (Å²) >= 11 is 3.00. The van der Waals surface area contributed by atoms with Gasteiger partial charge in [-0.05, 0) is 28.1 Å². The molecule has 3 aromatic rings. The van der Waals surface area contributed by atoms with Gasteiger partial charge < -0.3 is 10.5 Å². The third-order valence-electron chi connectivity index (χ3n) is 2.79. The SMILES string of the molecule is Nc1cc(OCc2c(F)ccc(Br)c2F)c2n[nH]nc2n1. The smallest absolute Gasteiger partial charge is 0.207 e. The lowest BCUT2D eigenvalue weighted by Gasteiger charge is -2.09. The van der Waals surface area contributed by atoms with Crippen LogP contribution in [-0.4, -0.2) is 20.4 Å². The van der Waals surface area contributed by atoms with E-state index >= 15 is 0 Å². The van der Waals surface area contributed by atoms with Gasteiger partial charge in [-0.2, -0.15) is 10.3 Å². The van der Waals surface area contributed by atoms with E-state index in [0.717, 1.165) is 6.07 Å². The van der Waals surface area contributed by atoms with E-state index < -0.39 is 11.6 Å². The number of halogens is 3. The van der Waals surface area contributed by atoms with Crippen molar-refractivity contribution in [2.45, 2.75) is 6.61 Å². The molecular weight excluding hydrogens is 348 g/mol. The summed E-state index contributed by atoms with van der Waals surface area (Å²) in [7, 11) is 0. The second-order valence-corrected chi connectivity index (χ2v) is 5.01. The number of nitrogens with zero attached hydrogens (tertiary/aromatic N) is 3. The van der Waals surface area contributed by atoms with E-state index in [1.165, 1.54) is 12.1 Å². The first kappa shape index (κ1) is 13.7. The van der Waals surface area contributed by atoms with Crippen molar-refractivity contribution in [3.8, 4) is 5.75 Å². The van der Waals surface area contributed by atoms with E-state index in [1.54, 1.807) is 0 Å². The van der Waals surface area contributed by atoms with E-state index in [1.807, 2.05) is 0 Å². The van der Waals surface area contributed by atoms with Gasteiger partial charge in [0.25, 0.3) is 0 Å². The summed E-state index contributed by atoms with van der Waals surface area (Å²) in [4.78, 5) is 3.94. The van der Waals surface area contributed by atoms with Gasteiger partial charge in [-0.3, -0.25) is 0 Å². The largest absolute Gasteiger partial charge is 0.486 e. The standard InChI is InChI=1S/C12H8BrF2N5O/c13-6-1-2-7(14)5(10(6)15)4-21-8-3-9(16)17-12-11(8)18-20-19-12/h1-3H,4H2,(H3,16,17,18,19,20). The normalized spacial score (nSPS) is 11.0. The predicted molar refractivity (Wildman–Crippen MR) is 74.5 cm³/mol. The van der Waals surface area contributed by atoms with E-state index in [4.69, 9.17) is 10.5 Å². The molecule has 21 heavy (non-hydrogen) atoms. The molecule has 2 heterocycles. The Kier molecular flexibility index (Phi) is 3.42. The number of benzene rings is 1. The quantitative estimate of drug-likeness (QED) is 0.704. The number of nitrogen functional groups attached to an aromatic ring is 1. The van der Waals surface area contributed by atoms with Gasteiger partial charge in [-0.15, -0.1) is 5.10 Å². The Morgan fingerprint density at radius 3 is 2.90 bits per heavy atom. The number of hydrogen-bond acceptors (Lipinski definition) is 5. The molecule has 0 radical (unpaired) electrons. The lowest BCUT2D eigenvalue weighted by molar-refractivity contribution is 0.295. The van der Waals surface area contributed by atoms with Gasteiger partial charge in [0, 0.05) is 6.07 Å². The van der Waals surface area contributed by atoms with Crippen molar-refractivity contribution in [2.75, 3.05) is 5.73 Å². The van der Waals surface area contributed by atoms with Crippen LogP contribution in [0.3, 0.4) is 0 Å². The molecule has 0 aliphatic carbocycles. The second kappa shape index (κ2) is 5.24. The highest BCUT2D eigenvalue weighted by Gasteiger charge is 2.15. The number of pyridine rings is 1. The van der Waals surface area contributed by atoms with Crippen LogP contribution in [-0.2, 0) is 6.61 Å². The summed E-state index contributed by atoms with van der Waals surface area (Å²) in [6.45, 7) is -0.317. The number of nitrogens with two attached hydrogens (primary N) is 1. The van der Waals surface area contributed by atoms with Crippen LogP contribution in [0.4, 0.5) is 14.6 Å². The highest BCUT2D eigenvalue weighted by atomic mass is 79.9. The number of aromatic nitrogens is 4. The van der Waals surface area contributed by atoms with Crippen molar-refractivity contribution in [1.82, 2.24) is 20.4 Å². The monoisotopic (exact) mass is 355 g/mol. The third-order valence-corrected chi connectivity index (χ3v) is 3.40. The van der Waals surface area contributed by atoms with Crippen molar-refractivity contribution in [2.24, 2.45) is 0 Å². The average Bonchev–Trinajstić information content (AvgIpc) is 2.91. The van der Waals surface area contributed by atoms with Crippen molar-refractivity contribution >= 4 is 32.9 Å². The fraction of sp³-hybridized carbons (Fsp3) is 0.0833. The molecule has 0 aliphatic heterocycles. The average molecular weight is 356 g/mol. The Balaban J connectivity index is 1.94. The number of rotatable bonds is 3. The molecule has 2 aromatic heterocycles. The molecule has 0 saturated carbocycles. The van der Waals surface area contributed by atoms with E-state index in [0.29, 0.717) is 5.52 Å². The molecule has 3 N–H and O–H groups in total. The van der Waals surface area contributed by atoms with Crippen LogP contribution in [0.15, 0.2) is 22.7 Å². The molecule has 0 fully saturated rings. The van der Waals surface area contributed by atoms with Gasteiger partial charge in [0.2, 0.25) is 5.65 Å². The molecule has 0 bridgehead atoms. The van der Waals surface area contributed by atoms with Crippen LogP contribution in [0.2, 0.25) is 0 Å². The first-order chi connectivity index (χ1) is 10.1. The third kappa shape index (κ3) is 2.51. The maximum Gasteiger partial charge on any atom is 0.207 e. The molecule has 0 spiro atoms. The molecule has 108 valence electrons. The lowest BCUT2D eigenvalue weighted by Crippen LogP contribution is -2.04. The van der Waals surface area contributed by atoms with Crippen molar-refractivity contribution in [3.05, 3.63) is 39.9 Å². The van der Waals surface area contributed by atoms with E-state index in [2.05, 4.69) is 36.3 Å². The van der Waals surface area contributed by atoms with Crippen molar-refractivity contribution in [3.63, 3.8) is 0 Å². The van der Waals surface area contributed by atoms with E-state index in [9.17, 15) is 8.78 Å². The van der Waals surface area contributed by atoms with Crippen LogP contribution in [0.1, 0.15) is 5.56 Å². The van der Waals surface area contributed by atoms with Gasteiger partial charge in [-0.25, -0.2) is 13.8 Å². The molecule has 0 saturated heterocycles. The minimum Gasteiger partial charge on any atom is -0.486 e. The molecule has 6 nitrogen and oxygen atoms in total. The number of anilines is 1. The molecule has 9 heteroatoms. The summed E-state index contributed by atoms with van der Waals surface area (Å²) in [6.07, 6.45) is 0. The minimum atomic E-state index is -0.714. The summed E-state index contributed by atoms with van der Waals surface area (Å²) in [5.74, 6) is -1.01. The van der Waals surface area contributed by atoms with Crippen LogP contribution in [0.5, 0.6) is 5.75 Å². The van der Waals surface area contributed by atoms with E-state index in [-0.39, 0.29) is 33.9 Å². The maximum atomic E-state index is 13.9. The zero-order chi connectivity index (χ0) is 15.0. The fourth-order valence-electron chi connectivity index (χ4n) is 1.79. The molecular formula is C12H8BrF2N5O. The van der Waals surface area contributed by atoms with Gasteiger partial charge in [0.1, 0.15) is 24.1 Å². The van der Waals surface area contributed by atoms with Gasteiger partial charge in [0.05, 0.1) is 10.0 Å². The maximum absolute atomic E-state index is 13.9. The van der Waals surface area contributed by atoms with Crippen molar-refractivity contribution < 1.29 is 13.5 Å². The number of fused-ring (bicyclic) bond motifs is 1. The van der Waals surface area contributed by atoms with Crippen LogP contribution in [0.25, 0.3) is 11.2 Å². The topological polar surface area (TPSA) is 89.7 Å². The Hall–Kier alpha value is -2.29. The highest BCUT2D eigenvalue weighted by molar-refractivity contribution is 9.10. The Bertz CT molecular complexity index is 823. The summed E-state index contributed by atoms with van der Waals surface area (Å²) in [5, 5.41) is 10.0. The number of ether oxygens (including phenoxy) is 1. The summed E-state index contributed by atoms with van der Waals surface area (Å²) in [5.41, 5.74) is 6.01. The molecule has 0 aliphatic rings. The zero-order valence-electron chi connectivity index (χ0n) is 10.4. The Labute approximate surface area is 125 Å². The number of H-pyrrole nitrogens is 1. The summed E-state index contributed by atoms with van der Waals surface area (Å²) in [6, 6.07) is 3.85. The van der Waals surface area contributed by atoms with Crippen molar-refractivity contribution in [1.29, 1.82) is 0 Å². The lowest BCUT2D eigenvalue weighted by atomic mass is 10.2. The van der Waals surface area contributed by atoms with Crippen LogP contribution in [0, 0.1) is 11.6 Å². The fourth-order valence-corrected chi connectivity index (χ4v) is 2.16. The first-order valence-corrected chi connectivity index (χ1v) is 6.57. The van der Waals surface area contributed by atoms with Gasteiger partial charge in [0.15, 0.2) is 11.3 Å². The molecule has 0 atom stereocenters. The molecule has 0 amide bonds. The summed E-state index contributed by atoms with van der Waals surface area (Å²) < 4.78 is 33.1. The zero-order valence-corrected chi connectivity index (χ0v) is 12.0. The first-order valence-electron chi connectivity index (χ1n) is 5.78. The van der Waals surface area contributed by atoms with Gasteiger partial charge >= 0.3 is 0 Å². The van der Waals surface area contributed by atoms with Crippen LogP contribution >= 0.6 is 15.9 Å². The van der Waals surface area contributed by atoms with Gasteiger partial charge in [-0.1, -0.05) is 0 Å². The molecule has 0 unspecified atom stereocenters. The van der Waals surface area contributed by atoms with Crippen LogP contribution < -0.4 is 10.5 Å². The second-order valence-electron chi connectivity index (χ2n) is 4.15. The predicted octanol–water partition coefficient (Wildman–Crippen LogP) is 2.55. The molecule has 3 rings (SSSR count). The number of hydrogen-bond donors (Lipinski definition) is 2. The minimum absolute atomic E-state index is 0.156. The Morgan fingerprint density at radius 2 is 2.10 bits per heavy atom. The number of nitrogens with one attached hydrogen (secondary N) is 1. The number of aromatic amines is 1.